The summed E-state index contributed by atoms with van der Waals surface area (Å²) in [5.41, 5.74) is 0.841. The highest BCUT2D eigenvalue weighted by Gasteiger charge is 2.48. The van der Waals surface area contributed by atoms with Crippen molar-refractivity contribution < 1.29 is 14.7 Å². The normalized spacial score (nSPS) is 33.0. The van der Waals surface area contributed by atoms with Gasteiger partial charge in [-0.2, -0.15) is 0 Å². The van der Waals surface area contributed by atoms with Gasteiger partial charge in [0.05, 0.1) is 6.04 Å². The maximum atomic E-state index is 12.2. The first-order valence-corrected chi connectivity index (χ1v) is 7.53. The number of ketones is 1. The Labute approximate surface area is 124 Å². The fourth-order valence-electron chi connectivity index (χ4n) is 3.70. The summed E-state index contributed by atoms with van der Waals surface area (Å²) in [5.74, 6) is 0.761. The second-order valence-corrected chi connectivity index (χ2v) is 6.60. The highest BCUT2D eigenvalue weighted by atomic mass is 16.3. The number of rotatable bonds is 1. The molecule has 0 bridgehead atoms. The average Bonchev–Trinajstić information content (AvgIpc) is 2.45. The minimum atomic E-state index is -0.296. The van der Waals surface area contributed by atoms with Gasteiger partial charge in [-0.05, 0) is 35.4 Å². The molecular weight excluding hydrogens is 266 g/mol. The summed E-state index contributed by atoms with van der Waals surface area (Å²) in [6, 6.07) is 6.97. The lowest BCUT2D eigenvalue weighted by atomic mass is 9.64. The lowest BCUT2D eigenvalue weighted by Crippen LogP contribution is -2.59. The van der Waals surface area contributed by atoms with E-state index in [1.165, 1.54) is 0 Å². The number of aromatic hydroxyl groups is 1. The zero-order chi connectivity index (χ0) is 15.2. The molecule has 0 aliphatic carbocycles. The van der Waals surface area contributed by atoms with Gasteiger partial charge in [0.2, 0.25) is 5.91 Å². The van der Waals surface area contributed by atoms with Gasteiger partial charge in [0.25, 0.3) is 0 Å². The van der Waals surface area contributed by atoms with Crippen LogP contribution in [0.1, 0.15) is 38.7 Å². The van der Waals surface area contributed by atoms with Crippen LogP contribution in [0.5, 0.6) is 5.75 Å². The van der Waals surface area contributed by atoms with Gasteiger partial charge >= 0.3 is 0 Å². The predicted octanol–water partition coefficient (Wildman–Crippen LogP) is 2.25. The van der Waals surface area contributed by atoms with Crippen LogP contribution >= 0.6 is 0 Å². The fourth-order valence-corrected chi connectivity index (χ4v) is 3.70. The van der Waals surface area contributed by atoms with Crippen molar-refractivity contribution in [3.8, 4) is 5.75 Å². The second kappa shape index (κ2) is 4.86. The van der Waals surface area contributed by atoms with Crippen LogP contribution in [0.3, 0.4) is 0 Å². The third-order valence-electron chi connectivity index (χ3n) is 5.33. The topological polar surface area (TPSA) is 57.6 Å². The number of phenols is 1. The predicted molar refractivity (Wildman–Crippen MR) is 79.0 cm³/mol. The number of hydrogen-bond acceptors (Lipinski definition) is 3. The van der Waals surface area contributed by atoms with Crippen molar-refractivity contribution in [3.63, 3.8) is 0 Å². The minimum Gasteiger partial charge on any atom is -0.508 e. The summed E-state index contributed by atoms with van der Waals surface area (Å²) in [5, 5.41) is 9.74. The van der Waals surface area contributed by atoms with E-state index in [2.05, 4.69) is 13.8 Å². The number of Topliss-reactive ketones (excluding diaryl/α,β-unsaturated/α-hetero) is 1. The Morgan fingerprint density at radius 1 is 1.29 bits per heavy atom. The number of carbonyl (C=O) groups excluding carboxylic acids is 2. The van der Waals surface area contributed by atoms with Crippen molar-refractivity contribution in [1.82, 2.24) is 4.90 Å². The molecule has 4 nitrogen and oxygen atoms in total. The quantitative estimate of drug-likeness (QED) is 0.862. The molecule has 3 rings (SSSR count). The van der Waals surface area contributed by atoms with Crippen LogP contribution in [-0.2, 0) is 15.0 Å². The van der Waals surface area contributed by atoms with Gasteiger partial charge in [0.1, 0.15) is 5.75 Å². The molecule has 3 atom stereocenters. The van der Waals surface area contributed by atoms with Crippen molar-refractivity contribution in [2.45, 2.75) is 44.6 Å². The van der Waals surface area contributed by atoms with Gasteiger partial charge in [-0.15, -0.1) is 0 Å². The molecule has 0 unspecified atom stereocenters. The van der Waals surface area contributed by atoms with E-state index in [9.17, 15) is 14.7 Å². The Balaban J connectivity index is 1.97. The molecule has 0 radical (unpaired) electrons. The SMILES string of the molecule is C[C@H]1CN2C(=O)CCC(=O)[C@H]2C[C@@]1(C)c1cccc(O)c1. The van der Waals surface area contributed by atoms with E-state index in [4.69, 9.17) is 0 Å². The summed E-state index contributed by atoms with van der Waals surface area (Å²) in [6.45, 7) is 4.87. The van der Waals surface area contributed by atoms with E-state index < -0.39 is 0 Å². The largest absolute Gasteiger partial charge is 0.508 e. The third-order valence-corrected chi connectivity index (χ3v) is 5.33. The molecule has 0 spiro atoms. The summed E-state index contributed by atoms with van der Waals surface area (Å²) >= 11 is 0. The molecule has 2 saturated heterocycles. The van der Waals surface area contributed by atoms with Crippen molar-refractivity contribution in [3.05, 3.63) is 29.8 Å². The van der Waals surface area contributed by atoms with E-state index in [-0.39, 0.29) is 34.8 Å². The van der Waals surface area contributed by atoms with Crippen molar-refractivity contribution in [2.24, 2.45) is 5.92 Å². The van der Waals surface area contributed by atoms with Gasteiger partial charge in [-0.25, -0.2) is 0 Å². The maximum absolute atomic E-state index is 12.2. The lowest BCUT2D eigenvalue weighted by Gasteiger charge is -2.50. The number of carbonyl (C=O) groups is 2. The molecule has 2 fully saturated rings. The van der Waals surface area contributed by atoms with E-state index in [1.807, 2.05) is 12.1 Å². The summed E-state index contributed by atoms with van der Waals surface area (Å²) in [4.78, 5) is 26.0. The first kappa shape index (κ1) is 14.1. The standard InChI is InChI=1S/C17H21NO3/c1-11-10-18-14(15(20)6-7-16(18)21)9-17(11,2)12-4-3-5-13(19)8-12/h3-5,8,11,14,19H,6-7,9-10H2,1-2H3/t11-,14+,17+/m0/s1. The highest BCUT2D eigenvalue weighted by molar-refractivity contribution is 5.95. The third kappa shape index (κ3) is 2.23. The summed E-state index contributed by atoms with van der Waals surface area (Å²) < 4.78 is 0. The number of hydrogen-bond donors (Lipinski definition) is 1. The molecule has 2 aliphatic heterocycles. The lowest BCUT2D eigenvalue weighted by molar-refractivity contribution is -0.150. The molecule has 1 aromatic rings. The second-order valence-electron chi connectivity index (χ2n) is 6.60. The van der Waals surface area contributed by atoms with Crippen molar-refractivity contribution in [2.75, 3.05) is 6.54 Å². The van der Waals surface area contributed by atoms with Crippen LogP contribution in [0.2, 0.25) is 0 Å². The van der Waals surface area contributed by atoms with Gasteiger partial charge in [-0.3, -0.25) is 9.59 Å². The highest BCUT2D eigenvalue weighted by Crippen LogP contribution is 2.44. The number of amides is 1. The number of phenolic OH excluding ortho intramolecular Hbond substituents is 1. The van der Waals surface area contributed by atoms with Gasteiger partial charge in [0.15, 0.2) is 5.78 Å². The first-order chi connectivity index (χ1) is 9.91. The van der Waals surface area contributed by atoms with Gasteiger partial charge < -0.3 is 10.0 Å². The van der Waals surface area contributed by atoms with Crippen LogP contribution in [0, 0.1) is 5.92 Å². The van der Waals surface area contributed by atoms with Gasteiger partial charge in [0, 0.05) is 19.4 Å². The van der Waals surface area contributed by atoms with Crippen LogP contribution in [0.15, 0.2) is 24.3 Å². The first-order valence-electron chi connectivity index (χ1n) is 7.53. The van der Waals surface area contributed by atoms with E-state index >= 15 is 0 Å². The number of benzene rings is 1. The molecule has 2 heterocycles. The Kier molecular flexibility index (Phi) is 3.27. The zero-order valence-electron chi connectivity index (χ0n) is 12.5. The zero-order valence-corrected chi connectivity index (χ0v) is 12.5. The van der Waals surface area contributed by atoms with Crippen LogP contribution in [-0.4, -0.2) is 34.3 Å². The van der Waals surface area contributed by atoms with E-state index in [0.29, 0.717) is 25.8 Å². The van der Waals surface area contributed by atoms with Crippen molar-refractivity contribution in [1.29, 1.82) is 0 Å². The summed E-state index contributed by atoms with van der Waals surface area (Å²) in [7, 11) is 0. The average molecular weight is 287 g/mol. The molecule has 1 amide bonds. The van der Waals surface area contributed by atoms with Crippen LogP contribution in [0.25, 0.3) is 0 Å². The number of fused-ring (bicyclic) bond motifs is 1. The molecule has 112 valence electrons. The monoisotopic (exact) mass is 287 g/mol. The van der Waals surface area contributed by atoms with Crippen molar-refractivity contribution >= 4 is 11.7 Å². The minimum absolute atomic E-state index is 0.101. The molecule has 4 heteroatoms. The number of nitrogens with zero attached hydrogens (tertiary/aromatic N) is 1. The Bertz CT molecular complexity index is 597. The molecule has 1 aromatic carbocycles. The molecule has 1 N–H and O–H groups in total. The van der Waals surface area contributed by atoms with Crippen LogP contribution in [0.4, 0.5) is 0 Å². The van der Waals surface area contributed by atoms with E-state index in [0.717, 1.165) is 5.56 Å². The number of piperidine rings is 2. The fraction of sp³-hybridized carbons (Fsp3) is 0.529. The van der Waals surface area contributed by atoms with Gasteiger partial charge in [-0.1, -0.05) is 26.0 Å². The Morgan fingerprint density at radius 3 is 2.76 bits per heavy atom. The Hall–Kier alpha value is -1.84. The molecule has 0 saturated carbocycles. The Morgan fingerprint density at radius 2 is 2.05 bits per heavy atom. The van der Waals surface area contributed by atoms with E-state index in [1.54, 1.807) is 17.0 Å². The van der Waals surface area contributed by atoms with Crippen LogP contribution < -0.4 is 0 Å². The maximum Gasteiger partial charge on any atom is 0.223 e. The molecule has 0 aromatic heterocycles. The molecular formula is C17H21NO3. The molecule has 2 aliphatic rings. The smallest absolute Gasteiger partial charge is 0.223 e. The summed E-state index contributed by atoms with van der Waals surface area (Å²) in [6.07, 6.45) is 1.36. The molecule has 21 heavy (non-hydrogen) atoms.